The minimum Gasteiger partial charge on any atom is -0.497 e. The van der Waals surface area contributed by atoms with Gasteiger partial charge in [0.1, 0.15) is 16.4 Å². The molecule has 0 radical (unpaired) electrons. The molecular weight excluding hydrogens is 476 g/mol. The Labute approximate surface area is 217 Å². The van der Waals surface area contributed by atoms with Crippen molar-refractivity contribution in [2.75, 3.05) is 25.1 Å². The Morgan fingerprint density at radius 3 is 2.11 bits per heavy atom. The molecule has 0 saturated carbocycles. The van der Waals surface area contributed by atoms with Crippen LogP contribution in [-0.4, -0.2) is 45.5 Å². The van der Waals surface area contributed by atoms with E-state index in [-0.39, 0.29) is 34.6 Å². The van der Waals surface area contributed by atoms with Gasteiger partial charge in [-0.15, -0.1) is 0 Å². The molecule has 0 saturated heterocycles. The van der Waals surface area contributed by atoms with Gasteiger partial charge in [0.25, 0.3) is 0 Å². The van der Waals surface area contributed by atoms with Gasteiger partial charge in [0.15, 0.2) is 0 Å². The first-order chi connectivity index (χ1) is 16.8. The molecule has 0 fully saturated rings. The summed E-state index contributed by atoms with van der Waals surface area (Å²) in [5.41, 5.74) is 1.34. The number of amides is 1. The molecule has 7 nitrogen and oxygen atoms in total. The molecule has 8 heteroatoms. The van der Waals surface area contributed by atoms with Crippen molar-refractivity contribution in [1.82, 2.24) is 4.90 Å². The van der Waals surface area contributed by atoms with E-state index in [1.807, 2.05) is 65.5 Å². The minimum atomic E-state index is -4.10. The Balaban J connectivity index is 2.52. The summed E-state index contributed by atoms with van der Waals surface area (Å²) < 4.78 is 37.3. The van der Waals surface area contributed by atoms with Gasteiger partial charge in [0.05, 0.1) is 7.11 Å². The number of ether oxygens (including phenoxy) is 1. The molecule has 0 aliphatic carbocycles. The number of carbonyl (C=O) groups is 1. The zero-order valence-corrected chi connectivity index (χ0v) is 23.8. The number of rotatable bonds is 12. The highest BCUT2D eigenvalue weighted by Crippen LogP contribution is 2.32. The quantitative estimate of drug-likeness (QED) is 0.327. The van der Waals surface area contributed by atoms with E-state index < -0.39 is 10.1 Å². The number of benzene rings is 2. The van der Waals surface area contributed by atoms with Crippen molar-refractivity contribution in [1.29, 1.82) is 0 Å². The molecule has 0 aromatic heterocycles. The van der Waals surface area contributed by atoms with Crippen LogP contribution in [0.15, 0.2) is 47.4 Å². The lowest BCUT2D eigenvalue weighted by molar-refractivity contribution is -0.135. The fourth-order valence-corrected chi connectivity index (χ4v) is 4.85. The van der Waals surface area contributed by atoms with Crippen molar-refractivity contribution in [2.24, 2.45) is 5.41 Å². The predicted molar refractivity (Wildman–Crippen MR) is 145 cm³/mol. The lowest BCUT2D eigenvalue weighted by Gasteiger charge is -2.32. The largest absolute Gasteiger partial charge is 0.497 e. The smallest absolute Gasteiger partial charge is 0.339 e. The second-order valence-electron chi connectivity index (χ2n) is 10.2. The first-order valence-corrected chi connectivity index (χ1v) is 14.0. The second-order valence-corrected chi connectivity index (χ2v) is 11.7. The summed E-state index contributed by atoms with van der Waals surface area (Å²) in [6.45, 7) is 16.0. The van der Waals surface area contributed by atoms with Crippen molar-refractivity contribution in [2.45, 2.75) is 78.8 Å². The number of methoxy groups -OCH3 is 1. The summed E-state index contributed by atoms with van der Waals surface area (Å²) in [7, 11) is -2.58. The van der Waals surface area contributed by atoms with E-state index in [1.165, 1.54) is 19.2 Å². The van der Waals surface area contributed by atoms with Crippen molar-refractivity contribution in [3.63, 3.8) is 0 Å². The van der Waals surface area contributed by atoms with E-state index in [9.17, 15) is 13.2 Å². The van der Waals surface area contributed by atoms with Gasteiger partial charge < -0.3 is 18.7 Å². The van der Waals surface area contributed by atoms with Gasteiger partial charge in [-0.1, -0.05) is 33.8 Å². The molecule has 0 aliphatic heterocycles. The fourth-order valence-electron chi connectivity index (χ4n) is 3.89. The van der Waals surface area contributed by atoms with Gasteiger partial charge in [0.2, 0.25) is 5.91 Å². The van der Waals surface area contributed by atoms with Crippen molar-refractivity contribution < 1.29 is 22.1 Å². The van der Waals surface area contributed by atoms with Crippen LogP contribution in [0.25, 0.3) is 0 Å². The number of nitrogens with zero attached hydrogens (tertiary/aromatic N) is 2. The van der Waals surface area contributed by atoms with E-state index in [1.54, 1.807) is 18.2 Å². The molecule has 2 aromatic carbocycles. The number of hydrogen-bond acceptors (Lipinski definition) is 6. The Bertz CT molecular complexity index is 1100. The highest BCUT2D eigenvalue weighted by atomic mass is 32.2. The normalized spacial score (nSPS) is 12.7. The summed E-state index contributed by atoms with van der Waals surface area (Å²) in [6.07, 6.45) is 1.18. The summed E-state index contributed by atoms with van der Waals surface area (Å²) in [6, 6.07) is 11.7. The van der Waals surface area contributed by atoms with Crippen LogP contribution in [0.5, 0.6) is 11.5 Å². The molecule has 0 aliphatic rings. The lowest BCUT2D eigenvalue weighted by Crippen LogP contribution is -2.39. The van der Waals surface area contributed by atoms with Crippen molar-refractivity contribution in [3.05, 3.63) is 48.0 Å². The van der Waals surface area contributed by atoms with Crippen LogP contribution < -0.4 is 13.8 Å². The lowest BCUT2D eigenvalue weighted by atomic mass is 9.91. The number of carbonyl (C=O) groups excluding carboxylic acids is 1. The van der Waals surface area contributed by atoms with Crippen LogP contribution in [0.4, 0.5) is 5.69 Å². The molecule has 0 bridgehead atoms. The maximum Gasteiger partial charge on any atom is 0.339 e. The first kappa shape index (κ1) is 29.5. The Morgan fingerprint density at radius 1 is 1.00 bits per heavy atom. The number of hydrogen-bond donors (Lipinski definition) is 0. The van der Waals surface area contributed by atoms with Crippen LogP contribution in [-0.2, 0) is 21.5 Å². The predicted octanol–water partition coefficient (Wildman–Crippen LogP) is 5.87. The molecule has 0 unspecified atom stereocenters. The fraction of sp³-hybridized carbons (Fsp3) is 0.536. The summed E-state index contributed by atoms with van der Waals surface area (Å²) >= 11 is 0. The molecule has 0 spiro atoms. The molecule has 2 rings (SSSR count). The molecule has 200 valence electrons. The maximum absolute atomic E-state index is 13.3. The average Bonchev–Trinajstić information content (AvgIpc) is 2.82. The van der Waals surface area contributed by atoms with Gasteiger partial charge in [-0.25, -0.2) is 0 Å². The van der Waals surface area contributed by atoms with Crippen LogP contribution >= 0.6 is 0 Å². The summed E-state index contributed by atoms with van der Waals surface area (Å²) in [5.74, 6) is 0.820. The van der Waals surface area contributed by atoms with Crippen LogP contribution in [0.2, 0.25) is 0 Å². The van der Waals surface area contributed by atoms with Crippen molar-refractivity contribution in [3.8, 4) is 11.5 Å². The van der Waals surface area contributed by atoms with Crippen LogP contribution in [0.1, 0.15) is 66.9 Å². The molecule has 36 heavy (non-hydrogen) atoms. The molecule has 1 amide bonds. The maximum atomic E-state index is 13.3. The van der Waals surface area contributed by atoms with E-state index in [2.05, 4.69) is 4.90 Å². The first-order valence-electron chi connectivity index (χ1n) is 12.6. The number of anilines is 1. The Hall–Kier alpha value is -2.74. The van der Waals surface area contributed by atoms with E-state index in [4.69, 9.17) is 8.92 Å². The van der Waals surface area contributed by atoms with Gasteiger partial charge >= 0.3 is 10.1 Å². The third-order valence-electron chi connectivity index (χ3n) is 6.19. The van der Waals surface area contributed by atoms with E-state index >= 15 is 0 Å². The van der Waals surface area contributed by atoms with Crippen LogP contribution in [0, 0.1) is 5.41 Å². The van der Waals surface area contributed by atoms with E-state index in [0.29, 0.717) is 17.7 Å². The SMILES string of the molecule is CC[C@H](C)N(Cc1ccc(N(CC)CC)cc1OS(=O)(=O)c1ccc(OC)cc1)C(=O)CC(C)(C)C. The topological polar surface area (TPSA) is 76.2 Å². The van der Waals surface area contributed by atoms with Gasteiger partial charge in [-0.2, -0.15) is 8.42 Å². The van der Waals surface area contributed by atoms with Gasteiger partial charge in [-0.05, 0) is 62.9 Å². The zero-order chi connectivity index (χ0) is 27.1. The Kier molecular flexibility index (Phi) is 10.2. The third-order valence-corrected chi connectivity index (χ3v) is 7.44. The molecule has 0 heterocycles. The van der Waals surface area contributed by atoms with Crippen LogP contribution in [0.3, 0.4) is 0 Å². The molecular formula is C28H42N2O5S. The monoisotopic (exact) mass is 518 g/mol. The zero-order valence-electron chi connectivity index (χ0n) is 23.0. The summed E-state index contributed by atoms with van der Waals surface area (Å²) in [5, 5.41) is 0. The highest BCUT2D eigenvalue weighted by molar-refractivity contribution is 7.87. The average molecular weight is 519 g/mol. The van der Waals surface area contributed by atoms with Gasteiger partial charge in [0, 0.05) is 49.4 Å². The van der Waals surface area contributed by atoms with Gasteiger partial charge in [-0.3, -0.25) is 4.79 Å². The van der Waals surface area contributed by atoms with E-state index in [0.717, 1.165) is 25.2 Å². The standard InChI is InChI=1S/C28H42N2O5S/c1-9-21(4)30(27(31)19-28(5,6)7)20-22-12-13-23(29(10-2)11-3)18-26(22)35-36(32,33)25-16-14-24(34-8)15-17-25/h12-18,21H,9-11,19-20H2,1-8H3/t21-/m0/s1. The molecule has 2 aromatic rings. The van der Waals surface area contributed by atoms with Crippen molar-refractivity contribution >= 4 is 21.7 Å². The Morgan fingerprint density at radius 2 is 1.61 bits per heavy atom. The second kappa shape index (κ2) is 12.5. The molecule has 0 N–H and O–H groups in total. The third kappa shape index (κ3) is 7.88. The minimum absolute atomic E-state index is 0.00615. The molecule has 1 atom stereocenters. The summed E-state index contributed by atoms with van der Waals surface area (Å²) in [4.78, 5) is 17.2. The highest BCUT2D eigenvalue weighted by Gasteiger charge is 2.27.